The van der Waals surface area contributed by atoms with Crippen molar-refractivity contribution < 1.29 is 19.1 Å². The number of carbonyl (C=O) groups is 3. The van der Waals surface area contributed by atoms with Gasteiger partial charge in [-0.2, -0.15) is 0 Å². The van der Waals surface area contributed by atoms with Gasteiger partial charge in [-0.05, 0) is 43.3 Å². The molecule has 0 saturated heterocycles. The molecule has 2 heterocycles. The van der Waals surface area contributed by atoms with Gasteiger partial charge in [-0.25, -0.2) is 4.98 Å². The molecule has 4 aromatic rings. The van der Waals surface area contributed by atoms with Gasteiger partial charge in [0.1, 0.15) is 30.2 Å². The standard InChI is InChI=1S/C27H22Cl2N4O4/c1-15-30-25-21(31(15)2)9-6-10-22(25)37-14-18-19(28)11-12-20(24(18)29)32(3)23(34)13-33-26(35)16-7-4-5-8-17(16)27(33)36/h4-12H,13-14H2,1-3H3. The minimum absolute atomic E-state index is 0.0423. The van der Waals surface area contributed by atoms with Crippen molar-refractivity contribution in [1.29, 1.82) is 0 Å². The van der Waals surface area contributed by atoms with Crippen molar-refractivity contribution >= 4 is 57.6 Å². The highest BCUT2D eigenvalue weighted by molar-refractivity contribution is 6.38. The van der Waals surface area contributed by atoms with E-state index < -0.39 is 24.3 Å². The number of nitrogens with zero attached hydrogens (tertiary/aromatic N) is 4. The highest BCUT2D eigenvalue weighted by atomic mass is 35.5. The Morgan fingerprint density at radius 1 is 1.00 bits per heavy atom. The molecule has 10 heteroatoms. The van der Waals surface area contributed by atoms with E-state index in [0.717, 1.165) is 21.8 Å². The van der Waals surface area contributed by atoms with Crippen molar-refractivity contribution in [3.8, 4) is 5.75 Å². The van der Waals surface area contributed by atoms with Gasteiger partial charge < -0.3 is 14.2 Å². The van der Waals surface area contributed by atoms with Crippen LogP contribution in [0.15, 0.2) is 54.6 Å². The fourth-order valence-electron chi connectivity index (χ4n) is 4.31. The van der Waals surface area contributed by atoms with Gasteiger partial charge in [0.25, 0.3) is 11.8 Å². The predicted octanol–water partition coefficient (Wildman–Crippen LogP) is 5.03. The summed E-state index contributed by atoms with van der Waals surface area (Å²) in [5, 5.41) is 0.606. The highest BCUT2D eigenvalue weighted by Crippen LogP contribution is 2.35. The molecular weight excluding hydrogens is 515 g/mol. The molecule has 0 unspecified atom stereocenters. The minimum Gasteiger partial charge on any atom is -0.486 e. The van der Waals surface area contributed by atoms with E-state index in [2.05, 4.69) is 4.98 Å². The smallest absolute Gasteiger partial charge is 0.262 e. The monoisotopic (exact) mass is 536 g/mol. The Balaban J connectivity index is 1.36. The summed E-state index contributed by atoms with van der Waals surface area (Å²) in [5.74, 6) is -0.0643. The van der Waals surface area contributed by atoms with Gasteiger partial charge in [0, 0.05) is 24.7 Å². The molecule has 0 fully saturated rings. The highest BCUT2D eigenvalue weighted by Gasteiger charge is 2.37. The number of halogens is 2. The average molecular weight is 537 g/mol. The van der Waals surface area contributed by atoms with Crippen molar-refractivity contribution in [2.24, 2.45) is 7.05 Å². The normalized spacial score (nSPS) is 12.8. The molecule has 37 heavy (non-hydrogen) atoms. The third kappa shape index (κ3) is 4.22. The van der Waals surface area contributed by atoms with Gasteiger partial charge in [-0.1, -0.05) is 41.4 Å². The molecule has 0 aliphatic carbocycles. The van der Waals surface area contributed by atoms with Crippen molar-refractivity contribution in [1.82, 2.24) is 14.5 Å². The largest absolute Gasteiger partial charge is 0.486 e. The summed E-state index contributed by atoms with van der Waals surface area (Å²) in [6, 6.07) is 15.4. The van der Waals surface area contributed by atoms with E-state index in [1.807, 2.05) is 36.7 Å². The number of imide groups is 1. The number of aromatic nitrogens is 2. The maximum Gasteiger partial charge on any atom is 0.262 e. The van der Waals surface area contributed by atoms with Crippen LogP contribution in [0.25, 0.3) is 11.0 Å². The SMILES string of the molecule is Cc1nc2c(OCc3c(Cl)ccc(N(C)C(=O)CN4C(=O)c5ccccc5C4=O)c3Cl)cccc2n1C. The summed E-state index contributed by atoms with van der Waals surface area (Å²) < 4.78 is 8.03. The van der Waals surface area contributed by atoms with Gasteiger partial charge in [-0.3, -0.25) is 19.3 Å². The lowest BCUT2D eigenvalue weighted by molar-refractivity contribution is -0.118. The lowest BCUT2D eigenvalue weighted by atomic mass is 10.1. The summed E-state index contributed by atoms with van der Waals surface area (Å²) in [4.78, 5) is 45.2. The van der Waals surface area contributed by atoms with Crippen LogP contribution in [0.3, 0.4) is 0 Å². The Morgan fingerprint density at radius 3 is 2.35 bits per heavy atom. The van der Waals surface area contributed by atoms with Crippen molar-refractivity contribution in [2.45, 2.75) is 13.5 Å². The van der Waals surface area contributed by atoms with E-state index in [9.17, 15) is 14.4 Å². The lowest BCUT2D eigenvalue weighted by Crippen LogP contribution is -2.41. The fraction of sp³-hybridized carbons (Fsp3) is 0.185. The molecule has 188 valence electrons. The number of hydrogen-bond donors (Lipinski definition) is 0. The van der Waals surface area contributed by atoms with Gasteiger partial charge in [0.05, 0.1) is 27.4 Å². The van der Waals surface area contributed by atoms with Crippen molar-refractivity contribution in [3.63, 3.8) is 0 Å². The van der Waals surface area contributed by atoms with Crippen LogP contribution < -0.4 is 9.64 Å². The number of amides is 3. The maximum absolute atomic E-state index is 13.1. The number of anilines is 1. The maximum atomic E-state index is 13.1. The van der Waals surface area contributed by atoms with Crippen molar-refractivity contribution in [3.05, 3.63) is 87.2 Å². The molecule has 5 rings (SSSR count). The van der Waals surface area contributed by atoms with Gasteiger partial charge in [-0.15, -0.1) is 0 Å². The van der Waals surface area contributed by atoms with Crippen LogP contribution in [0.4, 0.5) is 5.69 Å². The first kappa shape index (κ1) is 24.8. The number of imidazole rings is 1. The number of ether oxygens (including phenoxy) is 1. The lowest BCUT2D eigenvalue weighted by Gasteiger charge is -2.23. The molecule has 0 atom stereocenters. The van der Waals surface area contributed by atoms with Gasteiger partial charge in [0.2, 0.25) is 5.91 Å². The zero-order valence-corrected chi connectivity index (χ0v) is 21.8. The summed E-state index contributed by atoms with van der Waals surface area (Å²) >= 11 is 13.1. The van der Waals surface area contributed by atoms with E-state index in [0.29, 0.717) is 22.0 Å². The van der Waals surface area contributed by atoms with Crippen LogP contribution in [-0.4, -0.2) is 45.8 Å². The molecule has 8 nitrogen and oxygen atoms in total. The quantitative estimate of drug-likeness (QED) is 0.323. The van der Waals surface area contributed by atoms with Crippen LogP contribution in [-0.2, 0) is 18.4 Å². The second-order valence-corrected chi connectivity index (χ2v) is 9.47. The zero-order chi connectivity index (χ0) is 26.4. The second-order valence-electron chi connectivity index (χ2n) is 8.68. The first-order valence-corrected chi connectivity index (χ1v) is 12.2. The first-order valence-electron chi connectivity index (χ1n) is 11.4. The average Bonchev–Trinajstić information content (AvgIpc) is 3.31. The molecule has 0 radical (unpaired) electrons. The fourth-order valence-corrected chi connectivity index (χ4v) is 4.91. The molecule has 1 aromatic heterocycles. The van der Waals surface area contributed by atoms with E-state index in [1.165, 1.54) is 11.9 Å². The molecule has 0 saturated carbocycles. The Bertz CT molecular complexity index is 1560. The number of carbonyl (C=O) groups excluding carboxylic acids is 3. The molecule has 3 amide bonds. The summed E-state index contributed by atoms with van der Waals surface area (Å²) in [7, 11) is 3.46. The van der Waals surface area contributed by atoms with E-state index in [1.54, 1.807) is 36.4 Å². The molecule has 3 aromatic carbocycles. The molecule has 1 aliphatic rings. The molecule has 1 aliphatic heterocycles. The molecule has 0 N–H and O–H groups in total. The summed E-state index contributed by atoms with van der Waals surface area (Å²) in [6.07, 6.45) is 0. The molecular formula is C27H22Cl2N4O4. The van der Waals surface area contributed by atoms with E-state index >= 15 is 0 Å². The predicted molar refractivity (Wildman–Crippen MR) is 141 cm³/mol. The molecule has 0 bridgehead atoms. The van der Waals surface area contributed by atoms with Crippen LogP contribution in [0.1, 0.15) is 32.1 Å². The van der Waals surface area contributed by atoms with E-state index in [-0.39, 0.29) is 22.8 Å². The van der Waals surface area contributed by atoms with Crippen LogP contribution >= 0.6 is 23.2 Å². The number of likely N-dealkylation sites (N-methyl/N-ethyl adjacent to an activating group) is 1. The number of para-hydroxylation sites is 1. The Hall–Kier alpha value is -3.88. The topological polar surface area (TPSA) is 84.7 Å². The number of hydrogen-bond acceptors (Lipinski definition) is 5. The molecule has 0 spiro atoms. The van der Waals surface area contributed by atoms with Crippen LogP contribution in [0, 0.1) is 6.92 Å². The van der Waals surface area contributed by atoms with Crippen LogP contribution in [0.5, 0.6) is 5.75 Å². The number of rotatable bonds is 6. The first-order chi connectivity index (χ1) is 17.7. The van der Waals surface area contributed by atoms with Gasteiger partial charge in [0.15, 0.2) is 0 Å². The Morgan fingerprint density at radius 2 is 1.68 bits per heavy atom. The van der Waals surface area contributed by atoms with E-state index in [4.69, 9.17) is 27.9 Å². The van der Waals surface area contributed by atoms with Crippen molar-refractivity contribution in [2.75, 3.05) is 18.5 Å². The summed E-state index contributed by atoms with van der Waals surface area (Å²) in [6.45, 7) is 1.53. The number of fused-ring (bicyclic) bond motifs is 2. The van der Waals surface area contributed by atoms with Gasteiger partial charge >= 0.3 is 0 Å². The summed E-state index contributed by atoms with van der Waals surface area (Å²) in [5.41, 5.74) is 3.08. The second kappa shape index (κ2) is 9.53. The third-order valence-corrected chi connectivity index (χ3v) is 7.32. The third-order valence-electron chi connectivity index (χ3n) is 6.54. The Kier molecular flexibility index (Phi) is 6.39. The Labute approximate surface area is 223 Å². The number of benzene rings is 3. The van der Waals surface area contributed by atoms with Crippen LogP contribution in [0.2, 0.25) is 10.0 Å². The number of aryl methyl sites for hydroxylation is 2. The minimum atomic E-state index is -0.502. The zero-order valence-electron chi connectivity index (χ0n) is 20.3.